The third kappa shape index (κ3) is 6.55. The van der Waals surface area contributed by atoms with Crippen LogP contribution in [0.15, 0.2) is 52.4 Å². The molecule has 0 unspecified atom stereocenters. The van der Waals surface area contributed by atoms with Gasteiger partial charge in [0.2, 0.25) is 10.0 Å². The fourth-order valence-corrected chi connectivity index (χ4v) is 6.25. The molecule has 0 atom stereocenters. The lowest BCUT2D eigenvalue weighted by molar-refractivity contribution is -0.141. The van der Waals surface area contributed by atoms with Crippen molar-refractivity contribution in [2.24, 2.45) is 4.99 Å². The van der Waals surface area contributed by atoms with Gasteiger partial charge >= 0.3 is 11.9 Å². The number of sulfonamides is 1. The number of amides is 1. The molecule has 0 bridgehead atoms. The third-order valence-corrected chi connectivity index (χ3v) is 8.79. The van der Waals surface area contributed by atoms with E-state index in [9.17, 15) is 22.8 Å². The van der Waals surface area contributed by atoms with Crippen molar-refractivity contribution in [1.82, 2.24) is 8.87 Å². The zero-order valence-corrected chi connectivity index (χ0v) is 23.4. The molecule has 3 aromatic rings. The standard InChI is InChI=1S/C26H31N3O7S2/c1-5-8-15-28(6-2)38(33,34)20-12-9-18(10-13-20)24(31)27-26-29(17-23(30)35-4)21-14-11-19(16-22(21)37-26)25(32)36-7-3/h9-14,16H,5-8,15,17H2,1-4H3. The van der Waals surface area contributed by atoms with E-state index in [0.29, 0.717) is 28.9 Å². The number of ether oxygens (including phenoxy) is 2. The highest BCUT2D eigenvalue weighted by molar-refractivity contribution is 7.89. The molecule has 3 rings (SSSR count). The second-order valence-electron chi connectivity index (χ2n) is 8.24. The summed E-state index contributed by atoms with van der Waals surface area (Å²) in [6.07, 6.45) is 1.63. The number of hydrogen-bond acceptors (Lipinski definition) is 8. The summed E-state index contributed by atoms with van der Waals surface area (Å²) in [5, 5.41) is 0. The maximum absolute atomic E-state index is 13.0. The summed E-state index contributed by atoms with van der Waals surface area (Å²) in [6.45, 7) is 6.31. The minimum Gasteiger partial charge on any atom is -0.468 e. The molecule has 38 heavy (non-hydrogen) atoms. The van der Waals surface area contributed by atoms with Crippen LogP contribution in [0.1, 0.15) is 54.3 Å². The Morgan fingerprint density at radius 3 is 2.32 bits per heavy atom. The van der Waals surface area contributed by atoms with Crippen LogP contribution in [0, 0.1) is 0 Å². The van der Waals surface area contributed by atoms with Crippen molar-refractivity contribution in [3.05, 3.63) is 58.4 Å². The van der Waals surface area contributed by atoms with Crippen LogP contribution < -0.4 is 4.80 Å². The highest BCUT2D eigenvalue weighted by Crippen LogP contribution is 2.21. The van der Waals surface area contributed by atoms with Crippen LogP contribution >= 0.6 is 11.3 Å². The van der Waals surface area contributed by atoms with Gasteiger partial charge in [0.15, 0.2) is 4.80 Å². The lowest BCUT2D eigenvalue weighted by atomic mass is 10.2. The zero-order chi connectivity index (χ0) is 27.9. The number of carbonyl (C=O) groups excluding carboxylic acids is 3. The molecule has 0 aliphatic carbocycles. The fourth-order valence-electron chi connectivity index (χ4n) is 3.70. The summed E-state index contributed by atoms with van der Waals surface area (Å²) in [4.78, 5) is 41.8. The predicted molar refractivity (Wildman–Crippen MR) is 143 cm³/mol. The molecule has 0 aliphatic heterocycles. The van der Waals surface area contributed by atoms with Crippen molar-refractivity contribution in [3.63, 3.8) is 0 Å². The van der Waals surface area contributed by atoms with Crippen LogP contribution in [0.4, 0.5) is 0 Å². The number of thiazole rings is 1. The van der Waals surface area contributed by atoms with E-state index in [0.717, 1.165) is 24.2 Å². The number of nitrogens with zero attached hydrogens (tertiary/aromatic N) is 3. The highest BCUT2D eigenvalue weighted by Gasteiger charge is 2.23. The number of hydrogen-bond donors (Lipinski definition) is 0. The molecule has 12 heteroatoms. The maximum atomic E-state index is 13.0. The smallest absolute Gasteiger partial charge is 0.338 e. The number of methoxy groups -OCH3 is 1. The molecule has 1 amide bonds. The molecule has 1 heterocycles. The van der Waals surface area contributed by atoms with E-state index in [2.05, 4.69) is 4.99 Å². The number of esters is 2. The molecule has 0 radical (unpaired) electrons. The Balaban J connectivity index is 1.99. The molecule has 0 fully saturated rings. The first-order valence-electron chi connectivity index (χ1n) is 12.2. The van der Waals surface area contributed by atoms with Gasteiger partial charge in [-0.3, -0.25) is 9.59 Å². The van der Waals surface area contributed by atoms with Crippen LogP contribution in [0.2, 0.25) is 0 Å². The number of aromatic nitrogens is 1. The normalized spacial score (nSPS) is 12.2. The Morgan fingerprint density at radius 2 is 1.71 bits per heavy atom. The fraction of sp³-hybridized carbons (Fsp3) is 0.385. The van der Waals surface area contributed by atoms with Gasteiger partial charge in [-0.15, -0.1) is 0 Å². The summed E-state index contributed by atoms with van der Waals surface area (Å²) in [5.41, 5.74) is 1.11. The SMILES string of the molecule is CCCCN(CC)S(=O)(=O)c1ccc(C(=O)N=c2sc3cc(C(=O)OCC)ccc3n2CC(=O)OC)cc1. The van der Waals surface area contributed by atoms with E-state index in [4.69, 9.17) is 9.47 Å². The van der Waals surface area contributed by atoms with Gasteiger partial charge in [0.25, 0.3) is 5.91 Å². The van der Waals surface area contributed by atoms with E-state index < -0.39 is 27.9 Å². The van der Waals surface area contributed by atoms with E-state index in [1.807, 2.05) is 6.92 Å². The van der Waals surface area contributed by atoms with Gasteiger partial charge in [0.1, 0.15) is 6.54 Å². The van der Waals surface area contributed by atoms with Gasteiger partial charge in [0.05, 0.1) is 34.4 Å². The van der Waals surface area contributed by atoms with Gasteiger partial charge in [0, 0.05) is 18.7 Å². The van der Waals surface area contributed by atoms with Gasteiger partial charge in [-0.2, -0.15) is 9.30 Å². The van der Waals surface area contributed by atoms with Crippen molar-refractivity contribution in [1.29, 1.82) is 0 Å². The van der Waals surface area contributed by atoms with Crippen molar-refractivity contribution in [2.45, 2.75) is 45.1 Å². The Hall–Kier alpha value is -3.35. The van der Waals surface area contributed by atoms with Crippen molar-refractivity contribution in [3.8, 4) is 0 Å². The molecule has 0 spiro atoms. The first-order chi connectivity index (χ1) is 18.2. The first-order valence-corrected chi connectivity index (χ1v) is 14.5. The molecule has 10 nitrogen and oxygen atoms in total. The van der Waals surface area contributed by atoms with Crippen LogP contribution in [0.3, 0.4) is 0 Å². The molecule has 0 aliphatic rings. The van der Waals surface area contributed by atoms with E-state index in [1.54, 1.807) is 32.0 Å². The Labute approximate surface area is 225 Å². The number of carbonyl (C=O) groups is 3. The summed E-state index contributed by atoms with van der Waals surface area (Å²) < 4.78 is 39.4. The van der Waals surface area contributed by atoms with Gasteiger partial charge < -0.3 is 14.0 Å². The predicted octanol–water partition coefficient (Wildman–Crippen LogP) is 3.60. The summed E-state index contributed by atoms with van der Waals surface area (Å²) in [5.74, 6) is -1.63. The van der Waals surface area contributed by atoms with Crippen LogP contribution in [-0.4, -0.2) is 61.9 Å². The van der Waals surface area contributed by atoms with Gasteiger partial charge in [-0.25, -0.2) is 13.2 Å². The minimum absolute atomic E-state index is 0.0983. The minimum atomic E-state index is -3.68. The number of fused-ring (bicyclic) bond motifs is 1. The summed E-state index contributed by atoms with van der Waals surface area (Å²) in [7, 11) is -2.42. The van der Waals surface area contributed by atoms with Crippen molar-refractivity contribution >= 4 is 49.4 Å². The average molecular weight is 562 g/mol. The van der Waals surface area contributed by atoms with Crippen molar-refractivity contribution < 1.29 is 32.3 Å². The Bertz CT molecular complexity index is 1490. The second-order valence-corrected chi connectivity index (χ2v) is 11.2. The lowest BCUT2D eigenvalue weighted by Crippen LogP contribution is -2.31. The molecule has 1 aromatic heterocycles. The molecule has 0 saturated heterocycles. The largest absolute Gasteiger partial charge is 0.468 e. The molecule has 0 saturated carbocycles. The highest BCUT2D eigenvalue weighted by atomic mass is 32.2. The molecule has 2 aromatic carbocycles. The van der Waals surface area contributed by atoms with E-state index in [1.165, 1.54) is 40.2 Å². The summed E-state index contributed by atoms with van der Waals surface area (Å²) >= 11 is 1.13. The zero-order valence-electron chi connectivity index (χ0n) is 21.8. The quantitative estimate of drug-likeness (QED) is 0.328. The van der Waals surface area contributed by atoms with Crippen LogP contribution in [0.25, 0.3) is 10.2 Å². The maximum Gasteiger partial charge on any atom is 0.338 e. The topological polar surface area (TPSA) is 124 Å². The number of rotatable bonds is 11. The Kier molecular flexibility index (Phi) is 9.95. The van der Waals surface area contributed by atoms with Crippen LogP contribution in [-0.2, 0) is 30.8 Å². The summed E-state index contributed by atoms with van der Waals surface area (Å²) in [6, 6.07) is 10.5. The average Bonchev–Trinajstić information content (AvgIpc) is 3.24. The van der Waals surface area contributed by atoms with E-state index in [-0.39, 0.29) is 28.4 Å². The number of benzene rings is 2. The van der Waals surface area contributed by atoms with Crippen LogP contribution in [0.5, 0.6) is 0 Å². The molecule has 204 valence electrons. The molecular formula is C26H31N3O7S2. The molecule has 0 N–H and O–H groups in total. The second kappa shape index (κ2) is 12.9. The van der Waals surface area contributed by atoms with Gasteiger partial charge in [-0.05, 0) is 55.8 Å². The van der Waals surface area contributed by atoms with Gasteiger partial charge in [-0.1, -0.05) is 31.6 Å². The third-order valence-electron chi connectivity index (χ3n) is 5.76. The Morgan fingerprint density at radius 1 is 1.03 bits per heavy atom. The lowest BCUT2D eigenvalue weighted by Gasteiger charge is -2.20. The van der Waals surface area contributed by atoms with E-state index >= 15 is 0 Å². The van der Waals surface area contributed by atoms with Crippen molar-refractivity contribution in [2.75, 3.05) is 26.8 Å². The first kappa shape index (κ1) is 29.2. The number of unbranched alkanes of at least 4 members (excludes halogenated alkanes) is 1. The molecular weight excluding hydrogens is 530 g/mol. The monoisotopic (exact) mass is 561 g/mol.